The Hall–Kier alpha value is -1.36. The van der Waals surface area contributed by atoms with Crippen LogP contribution in [-0.4, -0.2) is 35.2 Å². The Balaban J connectivity index is 2.01. The fourth-order valence-electron chi connectivity index (χ4n) is 3.59. The van der Waals surface area contributed by atoms with E-state index in [4.69, 9.17) is 5.73 Å². The maximum atomic E-state index is 11.4. The van der Waals surface area contributed by atoms with Crippen molar-refractivity contribution in [3.8, 4) is 0 Å². The first-order chi connectivity index (χ1) is 9.06. The highest BCUT2D eigenvalue weighted by atomic mass is 16.4. The molecular weight excluding hydrogens is 244 g/mol. The average Bonchev–Trinajstić information content (AvgIpc) is 2.58. The van der Waals surface area contributed by atoms with E-state index >= 15 is 0 Å². The van der Waals surface area contributed by atoms with E-state index in [2.05, 4.69) is 4.99 Å². The van der Waals surface area contributed by atoms with Crippen LogP contribution in [0.3, 0.4) is 0 Å². The number of carboxylic acids is 1. The van der Waals surface area contributed by atoms with Crippen LogP contribution in [-0.2, 0) is 4.79 Å². The Kier molecular flexibility index (Phi) is 4.24. The van der Waals surface area contributed by atoms with E-state index < -0.39 is 5.97 Å². The van der Waals surface area contributed by atoms with Gasteiger partial charge in [-0.05, 0) is 50.4 Å². The summed E-state index contributed by atoms with van der Waals surface area (Å²) in [5.74, 6) is -0.0306. The van der Waals surface area contributed by atoms with Gasteiger partial charge in [0.25, 0.3) is 0 Å². The number of nitrogens with zero attached hydrogens (tertiary/aromatic N) is 1. The van der Waals surface area contributed by atoms with E-state index in [0.717, 1.165) is 31.3 Å². The van der Waals surface area contributed by atoms with E-state index in [0.29, 0.717) is 18.0 Å². The Labute approximate surface area is 113 Å². The molecule has 0 saturated heterocycles. The summed E-state index contributed by atoms with van der Waals surface area (Å²) in [5, 5.41) is 19.0. The van der Waals surface area contributed by atoms with Gasteiger partial charge in [-0.25, -0.2) is 4.79 Å². The molecule has 0 aromatic heterocycles. The molecule has 0 aromatic rings. The number of hydrogen-bond donors (Lipinski definition) is 3. The first kappa shape index (κ1) is 14.1. The zero-order valence-corrected chi connectivity index (χ0v) is 11.2. The predicted molar refractivity (Wildman–Crippen MR) is 72.8 cm³/mol. The van der Waals surface area contributed by atoms with Crippen LogP contribution in [0.4, 0.5) is 0 Å². The number of fused-ring (bicyclic) bond motifs is 1. The van der Waals surface area contributed by atoms with E-state index in [1.165, 1.54) is 6.34 Å². The number of aliphatic hydroxyl groups excluding tert-OH is 1. The van der Waals surface area contributed by atoms with Crippen molar-refractivity contribution in [2.75, 3.05) is 6.54 Å². The molecule has 0 aromatic carbocycles. The van der Waals surface area contributed by atoms with Crippen molar-refractivity contribution in [3.05, 3.63) is 11.1 Å². The van der Waals surface area contributed by atoms with Gasteiger partial charge in [0.1, 0.15) is 0 Å². The summed E-state index contributed by atoms with van der Waals surface area (Å²) in [6.07, 6.45) is 4.20. The first-order valence-electron chi connectivity index (χ1n) is 6.89. The number of aliphatic carboxylic acids is 1. The van der Waals surface area contributed by atoms with Crippen molar-refractivity contribution in [2.45, 2.75) is 38.7 Å². The molecule has 2 aliphatic rings. The number of hydrogen-bond acceptors (Lipinski definition) is 3. The molecule has 5 heteroatoms. The molecule has 0 amide bonds. The molecule has 4 atom stereocenters. The van der Waals surface area contributed by atoms with E-state index in [1.54, 1.807) is 6.92 Å². The quantitative estimate of drug-likeness (QED) is 0.382. The lowest BCUT2D eigenvalue weighted by Crippen LogP contribution is -2.41. The fraction of sp³-hybridized carbons (Fsp3) is 0.714. The summed E-state index contributed by atoms with van der Waals surface area (Å²) in [6, 6.07) is 0. The molecule has 4 N–H and O–H groups in total. The zero-order valence-electron chi connectivity index (χ0n) is 11.2. The number of aliphatic hydroxyl groups is 1. The largest absolute Gasteiger partial charge is 0.478 e. The maximum Gasteiger partial charge on any atom is 0.331 e. The Morgan fingerprint density at radius 1 is 1.63 bits per heavy atom. The molecule has 106 valence electrons. The van der Waals surface area contributed by atoms with Gasteiger partial charge in [0.2, 0.25) is 0 Å². The monoisotopic (exact) mass is 266 g/mol. The van der Waals surface area contributed by atoms with Crippen LogP contribution < -0.4 is 5.73 Å². The van der Waals surface area contributed by atoms with Crippen molar-refractivity contribution < 1.29 is 15.0 Å². The van der Waals surface area contributed by atoms with Crippen molar-refractivity contribution in [1.29, 1.82) is 0 Å². The molecule has 0 radical (unpaired) electrons. The van der Waals surface area contributed by atoms with Gasteiger partial charge in [-0.2, -0.15) is 0 Å². The summed E-state index contributed by atoms with van der Waals surface area (Å²) >= 11 is 0. The minimum atomic E-state index is -0.783. The Morgan fingerprint density at radius 2 is 2.37 bits per heavy atom. The molecule has 1 fully saturated rings. The topological polar surface area (TPSA) is 95.9 Å². The molecule has 0 spiro atoms. The van der Waals surface area contributed by atoms with E-state index in [1.807, 2.05) is 0 Å². The third-order valence-corrected chi connectivity index (χ3v) is 4.55. The van der Waals surface area contributed by atoms with Crippen molar-refractivity contribution in [3.63, 3.8) is 0 Å². The molecule has 19 heavy (non-hydrogen) atoms. The molecule has 1 unspecified atom stereocenters. The lowest BCUT2D eigenvalue weighted by molar-refractivity contribution is -0.134. The molecule has 0 aliphatic heterocycles. The van der Waals surface area contributed by atoms with Crippen LogP contribution in [0, 0.1) is 17.8 Å². The van der Waals surface area contributed by atoms with Gasteiger partial charge in [0, 0.05) is 12.1 Å². The number of aliphatic imine (C=N–C) groups is 1. The number of carbonyl (C=O) groups is 1. The van der Waals surface area contributed by atoms with Gasteiger partial charge in [-0.3, -0.25) is 4.99 Å². The second-order valence-electron chi connectivity index (χ2n) is 5.60. The molecule has 1 saturated carbocycles. The van der Waals surface area contributed by atoms with Gasteiger partial charge in [0.15, 0.2) is 0 Å². The van der Waals surface area contributed by atoms with Gasteiger partial charge >= 0.3 is 5.97 Å². The number of nitrogens with two attached hydrogens (primary N) is 1. The highest BCUT2D eigenvalue weighted by Gasteiger charge is 2.51. The second-order valence-corrected chi connectivity index (χ2v) is 5.60. The highest BCUT2D eigenvalue weighted by Crippen LogP contribution is 2.55. The van der Waals surface area contributed by atoms with Crippen molar-refractivity contribution in [2.24, 2.45) is 28.5 Å². The smallest absolute Gasteiger partial charge is 0.331 e. The number of carboxylic acid groups (broad SMARTS) is 1. The average molecular weight is 266 g/mol. The third kappa shape index (κ3) is 2.66. The minimum absolute atomic E-state index is 0.158. The van der Waals surface area contributed by atoms with Gasteiger partial charge in [0.05, 0.1) is 12.4 Å². The van der Waals surface area contributed by atoms with Crippen molar-refractivity contribution >= 4 is 12.3 Å². The predicted octanol–water partition coefficient (Wildman–Crippen LogP) is 1.17. The van der Waals surface area contributed by atoms with Crippen LogP contribution in [0.15, 0.2) is 16.1 Å². The van der Waals surface area contributed by atoms with Gasteiger partial charge in [-0.15, -0.1) is 0 Å². The van der Waals surface area contributed by atoms with Gasteiger partial charge in [-0.1, -0.05) is 5.57 Å². The van der Waals surface area contributed by atoms with Crippen LogP contribution in [0.25, 0.3) is 0 Å². The van der Waals surface area contributed by atoms with Crippen LogP contribution in [0.2, 0.25) is 0 Å². The molecule has 2 aliphatic carbocycles. The Bertz CT molecular complexity index is 415. The van der Waals surface area contributed by atoms with Crippen LogP contribution in [0.1, 0.15) is 32.6 Å². The van der Waals surface area contributed by atoms with Gasteiger partial charge < -0.3 is 15.9 Å². The fourth-order valence-corrected chi connectivity index (χ4v) is 3.59. The SMILES string of the molecule is C[C@@H](O)[C@H]1CC2C(C(=O)O)=C(CCCN=CN)C[C@@H]21. The van der Waals surface area contributed by atoms with Crippen LogP contribution >= 0.6 is 0 Å². The highest BCUT2D eigenvalue weighted by molar-refractivity contribution is 5.89. The van der Waals surface area contributed by atoms with Crippen LogP contribution in [0.5, 0.6) is 0 Å². The lowest BCUT2D eigenvalue weighted by Gasteiger charge is -2.43. The molecular formula is C14H22N2O3. The normalized spacial score (nSPS) is 31.4. The second kappa shape index (κ2) is 5.74. The summed E-state index contributed by atoms with van der Waals surface area (Å²) < 4.78 is 0. The summed E-state index contributed by atoms with van der Waals surface area (Å²) in [5.41, 5.74) is 6.84. The number of rotatable bonds is 6. The molecule has 2 rings (SSSR count). The van der Waals surface area contributed by atoms with E-state index in [9.17, 15) is 15.0 Å². The maximum absolute atomic E-state index is 11.4. The number of allylic oxidation sites excluding steroid dienone is 1. The zero-order chi connectivity index (χ0) is 14.0. The lowest BCUT2D eigenvalue weighted by atomic mass is 9.62. The third-order valence-electron chi connectivity index (χ3n) is 4.55. The summed E-state index contributed by atoms with van der Waals surface area (Å²) in [7, 11) is 0. The Morgan fingerprint density at radius 3 is 2.95 bits per heavy atom. The first-order valence-corrected chi connectivity index (χ1v) is 6.89. The minimum Gasteiger partial charge on any atom is -0.478 e. The van der Waals surface area contributed by atoms with Crippen molar-refractivity contribution in [1.82, 2.24) is 0 Å². The summed E-state index contributed by atoms with van der Waals surface area (Å²) in [4.78, 5) is 15.3. The standard InChI is InChI=1S/C14H22N2O3/c1-8(17)10-6-12-11(10)5-9(13(12)14(18)19)3-2-4-16-7-15/h7-8,10-12,17H,2-6H2,1H3,(H2,15,16)(H,18,19)/t8-,10-,11-,12?/m1/s1. The van der Waals surface area contributed by atoms with E-state index in [-0.39, 0.29) is 17.9 Å². The molecule has 0 heterocycles. The molecule has 5 nitrogen and oxygen atoms in total. The molecule has 0 bridgehead atoms. The summed E-state index contributed by atoms with van der Waals surface area (Å²) in [6.45, 7) is 2.44.